The topological polar surface area (TPSA) is 76.4 Å². The highest BCUT2D eigenvalue weighted by Gasteiger charge is 2.18. The normalized spacial score (nSPS) is 20.8. The molecule has 25 heavy (non-hydrogen) atoms. The number of hydrogen-bond donors (Lipinski definition) is 2. The van der Waals surface area contributed by atoms with Crippen LogP contribution in [0.5, 0.6) is 0 Å². The zero-order valence-corrected chi connectivity index (χ0v) is 18.0. The first-order chi connectivity index (χ1) is 11.7. The fraction of sp³-hybridized carbons (Fsp3) is 0.824. The molecule has 2 rings (SSSR count). The molecule has 1 aliphatic rings. The summed E-state index contributed by atoms with van der Waals surface area (Å²) in [6.45, 7) is 7.38. The number of aromatic nitrogens is 3. The van der Waals surface area contributed by atoms with Gasteiger partial charge in [0.05, 0.1) is 13.2 Å². The number of nitrogens with zero attached hydrogens (tertiary/aromatic N) is 4. The van der Waals surface area contributed by atoms with E-state index in [0.717, 1.165) is 37.2 Å². The summed E-state index contributed by atoms with van der Waals surface area (Å²) in [6, 6.07) is 0.524. The molecule has 0 radical (unpaired) electrons. The van der Waals surface area contributed by atoms with E-state index in [1.54, 1.807) is 13.4 Å². The fourth-order valence-electron chi connectivity index (χ4n) is 3.03. The van der Waals surface area contributed by atoms with E-state index in [1.807, 2.05) is 0 Å². The van der Waals surface area contributed by atoms with Crippen LogP contribution in [0.15, 0.2) is 11.3 Å². The van der Waals surface area contributed by atoms with Crippen molar-refractivity contribution in [3.05, 3.63) is 12.2 Å². The van der Waals surface area contributed by atoms with Gasteiger partial charge >= 0.3 is 0 Å². The molecule has 2 N–H and O–H groups in total. The molecular formula is C17H33IN6O. The molecular weight excluding hydrogens is 431 g/mol. The number of nitrogens with one attached hydrogen (secondary N) is 2. The molecule has 0 spiro atoms. The highest BCUT2D eigenvalue weighted by molar-refractivity contribution is 14.0. The van der Waals surface area contributed by atoms with Crippen molar-refractivity contribution in [3.8, 4) is 0 Å². The van der Waals surface area contributed by atoms with Gasteiger partial charge < -0.3 is 19.9 Å². The summed E-state index contributed by atoms with van der Waals surface area (Å²) < 4.78 is 7.19. The van der Waals surface area contributed by atoms with Crippen LogP contribution < -0.4 is 10.6 Å². The number of hydrogen-bond acceptors (Lipinski definition) is 4. The van der Waals surface area contributed by atoms with Gasteiger partial charge in [0.15, 0.2) is 5.96 Å². The van der Waals surface area contributed by atoms with E-state index in [-0.39, 0.29) is 24.0 Å². The van der Waals surface area contributed by atoms with Gasteiger partial charge in [-0.1, -0.05) is 13.8 Å². The average molecular weight is 464 g/mol. The lowest BCUT2D eigenvalue weighted by Crippen LogP contribution is -2.45. The van der Waals surface area contributed by atoms with Gasteiger partial charge in [-0.25, -0.2) is 0 Å². The first-order valence-electron chi connectivity index (χ1n) is 9.13. The van der Waals surface area contributed by atoms with E-state index in [1.165, 1.54) is 25.7 Å². The maximum Gasteiger partial charge on any atom is 0.191 e. The number of rotatable bonds is 8. The number of guanidine groups is 1. The Hall–Kier alpha value is -0.900. The van der Waals surface area contributed by atoms with Crippen molar-refractivity contribution < 1.29 is 4.74 Å². The maximum absolute atomic E-state index is 5.11. The Bertz CT molecular complexity index is 499. The van der Waals surface area contributed by atoms with Crippen molar-refractivity contribution in [1.29, 1.82) is 0 Å². The maximum atomic E-state index is 5.11. The predicted molar refractivity (Wildman–Crippen MR) is 112 cm³/mol. The minimum Gasteiger partial charge on any atom is -0.383 e. The van der Waals surface area contributed by atoms with Crippen molar-refractivity contribution in [2.24, 2.45) is 10.9 Å². The second-order valence-corrected chi connectivity index (χ2v) is 6.55. The van der Waals surface area contributed by atoms with Gasteiger partial charge in [0.2, 0.25) is 0 Å². The predicted octanol–water partition coefficient (Wildman–Crippen LogP) is 2.22. The van der Waals surface area contributed by atoms with E-state index >= 15 is 0 Å². The monoisotopic (exact) mass is 464 g/mol. The van der Waals surface area contributed by atoms with Gasteiger partial charge in [0, 0.05) is 32.7 Å². The van der Waals surface area contributed by atoms with E-state index in [2.05, 4.69) is 44.2 Å². The number of ether oxygens (including phenoxy) is 1. The third-order valence-electron chi connectivity index (χ3n) is 4.58. The summed E-state index contributed by atoms with van der Waals surface area (Å²) in [5, 5.41) is 15.1. The van der Waals surface area contributed by atoms with Crippen LogP contribution in [0.1, 0.15) is 45.4 Å². The van der Waals surface area contributed by atoms with Gasteiger partial charge in [0.1, 0.15) is 12.2 Å². The van der Waals surface area contributed by atoms with Crippen LogP contribution in [-0.2, 0) is 17.7 Å². The van der Waals surface area contributed by atoms with Gasteiger partial charge in [-0.3, -0.25) is 4.99 Å². The van der Waals surface area contributed by atoms with Crippen LogP contribution in [0, 0.1) is 5.92 Å². The minimum absolute atomic E-state index is 0. The van der Waals surface area contributed by atoms with Crippen molar-refractivity contribution in [2.45, 2.75) is 58.5 Å². The van der Waals surface area contributed by atoms with Crippen molar-refractivity contribution >= 4 is 29.9 Å². The van der Waals surface area contributed by atoms with Crippen LogP contribution in [0.25, 0.3) is 0 Å². The molecule has 0 bridgehead atoms. The number of aryl methyl sites for hydroxylation is 1. The number of halogens is 1. The third kappa shape index (κ3) is 7.89. The molecule has 8 heteroatoms. The number of methoxy groups -OCH3 is 1. The Labute approximate surface area is 168 Å². The molecule has 1 aliphatic carbocycles. The van der Waals surface area contributed by atoms with E-state index in [4.69, 9.17) is 4.74 Å². The van der Waals surface area contributed by atoms with Crippen molar-refractivity contribution in [1.82, 2.24) is 25.4 Å². The molecule has 0 amide bonds. The average Bonchev–Trinajstić information content (AvgIpc) is 3.04. The molecule has 7 nitrogen and oxygen atoms in total. The molecule has 0 unspecified atom stereocenters. The summed E-state index contributed by atoms with van der Waals surface area (Å²) in [7, 11) is 1.71. The quantitative estimate of drug-likeness (QED) is 0.267. The minimum atomic E-state index is 0. The van der Waals surface area contributed by atoms with E-state index < -0.39 is 0 Å². The molecule has 144 valence electrons. The standard InChI is InChI=1S/C17H32N6O.HI/c1-4-16-22-20-13-23(16)11-9-18-17(19-10-12-24-3)21-15-7-5-14(2)6-8-15;/h13-15H,4-12H2,1-3H3,(H2,18,19,21);1H. The summed E-state index contributed by atoms with van der Waals surface area (Å²) in [4.78, 5) is 4.62. The largest absolute Gasteiger partial charge is 0.383 e. The zero-order valence-electron chi connectivity index (χ0n) is 15.7. The second-order valence-electron chi connectivity index (χ2n) is 6.55. The lowest BCUT2D eigenvalue weighted by atomic mass is 9.87. The van der Waals surface area contributed by atoms with Crippen molar-refractivity contribution in [3.63, 3.8) is 0 Å². The molecule has 0 aliphatic heterocycles. The smallest absolute Gasteiger partial charge is 0.191 e. The van der Waals surface area contributed by atoms with Gasteiger partial charge in [-0.05, 0) is 31.6 Å². The highest BCUT2D eigenvalue weighted by Crippen LogP contribution is 2.23. The Morgan fingerprint density at radius 2 is 2.12 bits per heavy atom. The first kappa shape index (κ1) is 22.1. The SMILES string of the molecule is CCc1nncn1CCNC(=NCCOC)NC1CCC(C)CC1.I. The summed E-state index contributed by atoms with van der Waals surface area (Å²) >= 11 is 0. The molecule has 0 aromatic carbocycles. The van der Waals surface area contributed by atoms with Crippen LogP contribution >= 0.6 is 24.0 Å². The van der Waals surface area contributed by atoms with Crippen LogP contribution in [0.2, 0.25) is 0 Å². The van der Waals surface area contributed by atoms with E-state index in [9.17, 15) is 0 Å². The summed E-state index contributed by atoms with van der Waals surface area (Å²) in [6.07, 6.45) is 7.72. The molecule has 1 aromatic heterocycles. The van der Waals surface area contributed by atoms with Gasteiger partial charge in [-0.2, -0.15) is 0 Å². The Morgan fingerprint density at radius 3 is 2.80 bits per heavy atom. The lowest BCUT2D eigenvalue weighted by Gasteiger charge is -2.28. The fourth-order valence-corrected chi connectivity index (χ4v) is 3.03. The molecule has 0 atom stereocenters. The van der Waals surface area contributed by atoms with Gasteiger partial charge in [0.25, 0.3) is 0 Å². The van der Waals surface area contributed by atoms with Crippen LogP contribution in [0.4, 0.5) is 0 Å². The number of aliphatic imine (C=N–C) groups is 1. The molecule has 1 heterocycles. The van der Waals surface area contributed by atoms with Crippen molar-refractivity contribution in [2.75, 3.05) is 26.8 Å². The van der Waals surface area contributed by atoms with Gasteiger partial charge in [-0.15, -0.1) is 34.2 Å². The highest BCUT2D eigenvalue weighted by atomic mass is 127. The van der Waals surface area contributed by atoms with Crippen LogP contribution in [-0.4, -0.2) is 53.6 Å². The molecule has 1 fully saturated rings. The van der Waals surface area contributed by atoms with E-state index in [0.29, 0.717) is 19.2 Å². The third-order valence-corrected chi connectivity index (χ3v) is 4.58. The Morgan fingerprint density at radius 1 is 1.36 bits per heavy atom. The molecule has 1 aromatic rings. The summed E-state index contributed by atoms with van der Waals surface area (Å²) in [5.41, 5.74) is 0. The first-order valence-corrected chi connectivity index (χ1v) is 9.13. The van der Waals surface area contributed by atoms with Crippen LogP contribution in [0.3, 0.4) is 0 Å². The Kier molecular flexibility index (Phi) is 11.0. The second kappa shape index (κ2) is 12.5. The molecule has 1 saturated carbocycles. The molecule has 0 saturated heterocycles. The Balaban J connectivity index is 0.00000312. The summed E-state index contributed by atoms with van der Waals surface area (Å²) in [5.74, 6) is 2.76. The zero-order chi connectivity index (χ0) is 17.2. The lowest BCUT2D eigenvalue weighted by molar-refractivity contribution is 0.207.